The van der Waals surface area contributed by atoms with Gasteiger partial charge in [-0.05, 0) is 25.7 Å². The molecule has 0 spiro atoms. The molecule has 0 bridgehead atoms. The molecule has 0 aliphatic heterocycles. The minimum atomic E-state index is 0.439. The van der Waals surface area contributed by atoms with Gasteiger partial charge in [0.1, 0.15) is 0 Å². The van der Waals surface area contributed by atoms with Crippen molar-refractivity contribution >= 4 is 5.95 Å². The number of anilines is 1. The minimum Gasteiger partial charge on any atom is -0.345 e. The third-order valence-electron chi connectivity index (χ3n) is 3.18. The highest BCUT2D eigenvalue weighted by molar-refractivity contribution is 5.30. The third-order valence-corrected chi connectivity index (χ3v) is 3.18. The summed E-state index contributed by atoms with van der Waals surface area (Å²) in [5.41, 5.74) is 5.78. The Hall–Kier alpha value is -1.03. The molecule has 4 heteroatoms. The van der Waals surface area contributed by atoms with Gasteiger partial charge < -0.3 is 15.2 Å². The van der Waals surface area contributed by atoms with Gasteiger partial charge in [0, 0.05) is 38.6 Å². The van der Waals surface area contributed by atoms with Gasteiger partial charge in [0.15, 0.2) is 0 Å². The second kappa shape index (κ2) is 4.23. The molecule has 1 fully saturated rings. The molecule has 0 atom stereocenters. The molecule has 2 rings (SSSR count). The molecule has 1 aliphatic carbocycles. The van der Waals surface area contributed by atoms with Crippen molar-refractivity contribution in [2.75, 3.05) is 18.5 Å². The maximum absolute atomic E-state index is 5.78. The van der Waals surface area contributed by atoms with Crippen LogP contribution in [0.4, 0.5) is 5.95 Å². The number of hydrogen-bond acceptors (Lipinski definition) is 3. The molecule has 1 saturated carbocycles. The highest BCUT2D eigenvalue weighted by atomic mass is 15.3. The number of nitrogens with two attached hydrogens (primary N) is 1. The summed E-state index contributed by atoms with van der Waals surface area (Å²) in [6.07, 6.45) is 6.22. The van der Waals surface area contributed by atoms with Crippen LogP contribution in [-0.4, -0.2) is 29.2 Å². The first-order valence-electron chi connectivity index (χ1n) is 5.68. The Morgan fingerprint density at radius 3 is 2.93 bits per heavy atom. The Morgan fingerprint density at radius 2 is 2.33 bits per heavy atom. The second-order valence-electron chi connectivity index (χ2n) is 4.49. The van der Waals surface area contributed by atoms with Gasteiger partial charge in [-0.2, -0.15) is 0 Å². The van der Waals surface area contributed by atoms with Crippen molar-refractivity contribution in [1.82, 2.24) is 9.55 Å². The van der Waals surface area contributed by atoms with Crippen LogP contribution in [0.3, 0.4) is 0 Å². The zero-order chi connectivity index (χ0) is 10.8. The van der Waals surface area contributed by atoms with Crippen LogP contribution in [-0.2, 0) is 6.54 Å². The highest BCUT2D eigenvalue weighted by Crippen LogP contribution is 2.27. The van der Waals surface area contributed by atoms with Gasteiger partial charge in [0.25, 0.3) is 0 Å². The standard InChI is InChI=1S/C11H20N4/c1-3-15-5-4-13-11(15)14(2)8-9-6-10(12)7-9/h4-5,9-10H,3,6-8,12H2,1-2H3. The normalized spacial score (nSPS) is 25.0. The van der Waals surface area contributed by atoms with Gasteiger partial charge in [0.05, 0.1) is 0 Å². The Bertz CT molecular complexity index is 314. The Balaban J connectivity index is 1.92. The van der Waals surface area contributed by atoms with Crippen LogP contribution >= 0.6 is 0 Å². The lowest BCUT2D eigenvalue weighted by molar-refractivity contribution is 0.270. The fraction of sp³-hybridized carbons (Fsp3) is 0.727. The van der Waals surface area contributed by atoms with Gasteiger partial charge in [-0.15, -0.1) is 0 Å². The number of aromatic nitrogens is 2. The zero-order valence-electron chi connectivity index (χ0n) is 9.56. The summed E-state index contributed by atoms with van der Waals surface area (Å²) in [5, 5.41) is 0. The van der Waals surface area contributed by atoms with E-state index in [4.69, 9.17) is 5.73 Å². The van der Waals surface area contributed by atoms with Crippen molar-refractivity contribution in [3.05, 3.63) is 12.4 Å². The molecular formula is C11H20N4. The topological polar surface area (TPSA) is 47.1 Å². The lowest BCUT2D eigenvalue weighted by atomic mass is 9.81. The molecule has 0 amide bonds. The van der Waals surface area contributed by atoms with E-state index in [9.17, 15) is 0 Å². The van der Waals surface area contributed by atoms with E-state index in [-0.39, 0.29) is 0 Å². The summed E-state index contributed by atoms with van der Waals surface area (Å²) < 4.78 is 2.17. The second-order valence-corrected chi connectivity index (χ2v) is 4.49. The maximum atomic E-state index is 5.78. The molecule has 1 aromatic rings. The molecule has 2 N–H and O–H groups in total. The van der Waals surface area contributed by atoms with Crippen molar-refractivity contribution < 1.29 is 0 Å². The van der Waals surface area contributed by atoms with Crippen LogP contribution in [0.5, 0.6) is 0 Å². The molecule has 0 aromatic carbocycles. The summed E-state index contributed by atoms with van der Waals surface area (Å²) in [5.74, 6) is 1.82. The summed E-state index contributed by atoms with van der Waals surface area (Å²) in [6, 6.07) is 0.439. The van der Waals surface area contributed by atoms with Gasteiger partial charge >= 0.3 is 0 Å². The Morgan fingerprint density at radius 1 is 1.60 bits per heavy atom. The zero-order valence-corrected chi connectivity index (χ0v) is 9.56. The average Bonchev–Trinajstić information content (AvgIpc) is 2.62. The molecule has 84 valence electrons. The van der Waals surface area contributed by atoms with Crippen molar-refractivity contribution in [2.45, 2.75) is 32.4 Å². The summed E-state index contributed by atoms with van der Waals surface area (Å²) in [4.78, 5) is 6.61. The number of aryl methyl sites for hydroxylation is 1. The molecule has 0 unspecified atom stereocenters. The van der Waals surface area contributed by atoms with E-state index in [2.05, 4.69) is 28.4 Å². The third kappa shape index (κ3) is 2.15. The number of rotatable bonds is 4. The number of hydrogen-bond donors (Lipinski definition) is 1. The predicted octanol–water partition coefficient (Wildman–Crippen LogP) is 1.08. The van der Waals surface area contributed by atoms with Gasteiger partial charge in [-0.25, -0.2) is 4.98 Å². The molecule has 4 nitrogen and oxygen atoms in total. The van der Waals surface area contributed by atoms with E-state index < -0.39 is 0 Å². The van der Waals surface area contributed by atoms with E-state index in [0.717, 1.165) is 37.8 Å². The van der Waals surface area contributed by atoms with Crippen LogP contribution in [0.25, 0.3) is 0 Å². The van der Waals surface area contributed by atoms with Crippen LogP contribution in [0.15, 0.2) is 12.4 Å². The fourth-order valence-electron chi connectivity index (χ4n) is 2.29. The van der Waals surface area contributed by atoms with E-state index in [0.29, 0.717) is 6.04 Å². The van der Waals surface area contributed by atoms with Crippen molar-refractivity contribution in [3.8, 4) is 0 Å². The van der Waals surface area contributed by atoms with Crippen LogP contribution in [0.1, 0.15) is 19.8 Å². The van der Waals surface area contributed by atoms with E-state index in [1.54, 1.807) is 0 Å². The maximum Gasteiger partial charge on any atom is 0.205 e. The van der Waals surface area contributed by atoms with E-state index >= 15 is 0 Å². The summed E-state index contributed by atoms with van der Waals surface area (Å²) in [7, 11) is 2.11. The molecular weight excluding hydrogens is 188 g/mol. The first-order chi connectivity index (χ1) is 7.20. The average molecular weight is 208 g/mol. The lowest BCUT2D eigenvalue weighted by Crippen LogP contribution is -2.42. The van der Waals surface area contributed by atoms with Crippen LogP contribution in [0, 0.1) is 5.92 Å². The monoisotopic (exact) mass is 208 g/mol. The molecule has 1 heterocycles. The fourth-order valence-corrected chi connectivity index (χ4v) is 2.29. The van der Waals surface area contributed by atoms with Crippen molar-refractivity contribution in [3.63, 3.8) is 0 Å². The number of nitrogens with zero attached hydrogens (tertiary/aromatic N) is 3. The SMILES string of the molecule is CCn1ccnc1N(C)CC1CC(N)C1. The highest BCUT2D eigenvalue weighted by Gasteiger charge is 2.27. The molecule has 15 heavy (non-hydrogen) atoms. The summed E-state index contributed by atoms with van der Waals surface area (Å²) in [6.45, 7) is 4.19. The molecule has 1 aliphatic rings. The molecule has 1 aromatic heterocycles. The lowest BCUT2D eigenvalue weighted by Gasteiger charge is -2.35. The van der Waals surface area contributed by atoms with Crippen LogP contribution in [0.2, 0.25) is 0 Å². The number of imidazole rings is 1. The Labute approximate surface area is 91.1 Å². The summed E-state index contributed by atoms with van der Waals surface area (Å²) >= 11 is 0. The first-order valence-corrected chi connectivity index (χ1v) is 5.68. The van der Waals surface area contributed by atoms with E-state index in [1.165, 1.54) is 0 Å². The van der Waals surface area contributed by atoms with Gasteiger partial charge in [-0.3, -0.25) is 0 Å². The van der Waals surface area contributed by atoms with Crippen molar-refractivity contribution in [1.29, 1.82) is 0 Å². The predicted molar refractivity (Wildman–Crippen MR) is 61.9 cm³/mol. The van der Waals surface area contributed by atoms with E-state index in [1.807, 2.05) is 12.4 Å². The quantitative estimate of drug-likeness (QED) is 0.805. The van der Waals surface area contributed by atoms with Crippen molar-refractivity contribution in [2.24, 2.45) is 11.7 Å². The molecule has 0 saturated heterocycles. The minimum absolute atomic E-state index is 0.439. The van der Waals surface area contributed by atoms with Gasteiger partial charge in [0.2, 0.25) is 5.95 Å². The first kappa shape index (κ1) is 10.5. The van der Waals surface area contributed by atoms with Gasteiger partial charge in [-0.1, -0.05) is 0 Å². The molecule has 0 radical (unpaired) electrons. The largest absolute Gasteiger partial charge is 0.345 e. The smallest absolute Gasteiger partial charge is 0.205 e. The Kier molecular flexibility index (Phi) is 2.95. The van der Waals surface area contributed by atoms with Crippen LogP contribution < -0.4 is 10.6 Å².